The van der Waals surface area contributed by atoms with Crippen LogP contribution < -0.4 is 10.2 Å². The molecule has 2 aromatic heterocycles. The quantitative estimate of drug-likeness (QED) is 0.386. The van der Waals surface area contributed by atoms with Crippen LogP contribution in [0.25, 0.3) is 5.65 Å². The number of aromatic nitrogens is 2. The summed E-state index contributed by atoms with van der Waals surface area (Å²) in [6.07, 6.45) is -0.985. The predicted molar refractivity (Wildman–Crippen MR) is 141 cm³/mol. The van der Waals surface area contributed by atoms with E-state index in [-0.39, 0.29) is 5.69 Å². The second kappa shape index (κ2) is 10.2. The molecule has 0 unspecified atom stereocenters. The zero-order valence-corrected chi connectivity index (χ0v) is 21.0. The molecule has 3 heterocycles. The van der Waals surface area contributed by atoms with Crippen molar-refractivity contribution in [3.05, 3.63) is 94.9 Å². The van der Waals surface area contributed by atoms with Crippen molar-refractivity contribution in [1.82, 2.24) is 14.3 Å². The van der Waals surface area contributed by atoms with E-state index in [1.54, 1.807) is 30.5 Å². The Balaban J connectivity index is 1.41. The number of nitrogens with one attached hydrogen (secondary N) is 1. The number of likely N-dealkylation sites (N-methyl/N-ethyl adjacent to an activating group) is 1. The smallest absolute Gasteiger partial charge is 0.369 e. The molecule has 0 saturated carbocycles. The Morgan fingerprint density at radius 1 is 1.00 bits per heavy atom. The summed E-state index contributed by atoms with van der Waals surface area (Å²) in [5.41, 5.74) is 3.03. The van der Waals surface area contributed by atoms with E-state index in [1.807, 2.05) is 47.7 Å². The molecular weight excluding hydrogens is 491 g/mol. The third-order valence-electron chi connectivity index (χ3n) is 6.61. The van der Waals surface area contributed by atoms with E-state index in [2.05, 4.69) is 27.0 Å². The molecule has 1 fully saturated rings. The molecule has 194 valence electrons. The maximum atomic E-state index is 13.7. The minimum Gasteiger partial charge on any atom is -0.369 e. The number of aryl methyl sites for hydroxylation is 1. The number of hydrogen-bond donors (Lipinski definition) is 1. The van der Waals surface area contributed by atoms with E-state index in [4.69, 9.17) is 0 Å². The van der Waals surface area contributed by atoms with E-state index in [9.17, 15) is 18.0 Å². The highest BCUT2D eigenvalue weighted by molar-refractivity contribution is 6.04. The molecule has 0 bridgehead atoms. The molecule has 2 aromatic carbocycles. The molecule has 1 aliphatic rings. The molecule has 0 atom stereocenters. The highest BCUT2D eigenvalue weighted by atomic mass is 19.4. The van der Waals surface area contributed by atoms with Gasteiger partial charge in [-0.15, -0.1) is 0 Å². The maximum absolute atomic E-state index is 13.7. The van der Waals surface area contributed by atoms with Crippen molar-refractivity contribution in [3.8, 4) is 11.8 Å². The Bertz CT molecular complexity index is 1560. The fourth-order valence-corrected chi connectivity index (χ4v) is 4.35. The lowest BCUT2D eigenvalue weighted by Crippen LogP contribution is -2.44. The number of carbonyl (C=O) groups is 1. The number of hydrogen-bond acceptors (Lipinski definition) is 4. The van der Waals surface area contributed by atoms with Crippen LogP contribution in [0, 0.1) is 18.8 Å². The maximum Gasteiger partial charge on any atom is 0.416 e. The van der Waals surface area contributed by atoms with Gasteiger partial charge in [0.25, 0.3) is 5.91 Å². The van der Waals surface area contributed by atoms with Gasteiger partial charge in [0.2, 0.25) is 0 Å². The zero-order valence-electron chi connectivity index (χ0n) is 21.0. The van der Waals surface area contributed by atoms with Crippen LogP contribution in [0.2, 0.25) is 0 Å². The molecule has 1 saturated heterocycles. The van der Waals surface area contributed by atoms with Gasteiger partial charge in [-0.3, -0.25) is 9.20 Å². The normalized spacial score (nSPS) is 14.3. The largest absolute Gasteiger partial charge is 0.416 e. The Morgan fingerprint density at radius 3 is 2.55 bits per heavy atom. The Morgan fingerprint density at radius 2 is 1.79 bits per heavy atom. The number of rotatable bonds is 3. The molecule has 0 spiro atoms. The van der Waals surface area contributed by atoms with Gasteiger partial charge in [0.1, 0.15) is 11.3 Å². The fourth-order valence-electron chi connectivity index (χ4n) is 4.35. The minimum atomic E-state index is -4.54. The number of imidazole rings is 1. The van der Waals surface area contributed by atoms with Crippen molar-refractivity contribution in [3.63, 3.8) is 0 Å². The number of benzene rings is 2. The second-order valence-electron chi connectivity index (χ2n) is 9.36. The van der Waals surface area contributed by atoms with Gasteiger partial charge in [-0.1, -0.05) is 18.1 Å². The molecule has 5 rings (SSSR count). The summed E-state index contributed by atoms with van der Waals surface area (Å²) < 4.78 is 42.9. The molecule has 38 heavy (non-hydrogen) atoms. The number of anilines is 2. The molecule has 9 heteroatoms. The van der Waals surface area contributed by atoms with Crippen LogP contribution in [-0.2, 0) is 6.18 Å². The molecule has 6 nitrogen and oxygen atoms in total. The Kier molecular flexibility index (Phi) is 6.83. The lowest BCUT2D eigenvalue weighted by Gasteiger charge is -2.34. The molecule has 0 aliphatic carbocycles. The first-order valence-corrected chi connectivity index (χ1v) is 12.2. The average molecular weight is 518 g/mol. The lowest BCUT2D eigenvalue weighted by molar-refractivity contribution is -0.137. The lowest BCUT2D eigenvalue weighted by atomic mass is 10.0. The van der Waals surface area contributed by atoms with Crippen LogP contribution in [0.4, 0.5) is 24.5 Å². The summed E-state index contributed by atoms with van der Waals surface area (Å²) in [6.45, 7) is 4.60. The first kappa shape index (κ1) is 25.4. The van der Waals surface area contributed by atoms with Gasteiger partial charge in [0.05, 0.1) is 11.8 Å². The van der Waals surface area contributed by atoms with E-state index in [0.717, 1.165) is 36.4 Å². The monoisotopic (exact) mass is 517 g/mol. The summed E-state index contributed by atoms with van der Waals surface area (Å²) in [6, 6.07) is 14.4. The molecule has 1 N–H and O–H groups in total. The molecule has 4 aromatic rings. The predicted octanol–water partition coefficient (Wildman–Crippen LogP) is 5.07. The van der Waals surface area contributed by atoms with E-state index in [1.165, 1.54) is 0 Å². The van der Waals surface area contributed by atoms with Gasteiger partial charge in [-0.25, -0.2) is 4.98 Å². The number of piperazine rings is 1. The second-order valence-corrected chi connectivity index (χ2v) is 9.36. The number of halogens is 3. The van der Waals surface area contributed by atoms with E-state index >= 15 is 0 Å². The van der Waals surface area contributed by atoms with Gasteiger partial charge in [-0.05, 0) is 67.9 Å². The summed E-state index contributed by atoms with van der Waals surface area (Å²) in [4.78, 5) is 21.5. The van der Waals surface area contributed by atoms with E-state index < -0.39 is 17.6 Å². The first-order valence-electron chi connectivity index (χ1n) is 12.2. The Labute approximate surface area is 218 Å². The molecular formula is C29H26F3N5O. The van der Waals surface area contributed by atoms with Crippen LogP contribution in [0.1, 0.15) is 32.7 Å². The summed E-state index contributed by atoms with van der Waals surface area (Å²) >= 11 is 0. The minimum absolute atomic E-state index is 0.0951. The zero-order chi connectivity index (χ0) is 26.9. The van der Waals surface area contributed by atoms with Crippen LogP contribution in [0.3, 0.4) is 0 Å². The molecule has 0 radical (unpaired) electrons. The number of fused-ring (bicyclic) bond motifs is 1. The van der Waals surface area contributed by atoms with Crippen molar-refractivity contribution in [2.45, 2.75) is 13.1 Å². The number of alkyl halides is 3. The van der Waals surface area contributed by atoms with Crippen LogP contribution in [0.5, 0.6) is 0 Å². The average Bonchev–Trinajstić information content (AvgIpc) is 3.31. The SMILES string of the molecule is Cc1ccc(C(=O)Nc2cc(N3CCN(C)CC3)cc(C(F)(F)F)c2)cc1C#Cc1cnc2ccccn12. The third kappa shape index (κ3) is 5.50. The van der Waals surface area contributed by atoms with Crippen molar-refractivity contribution < 1.29 is 18.0 Å². The number of nitrogens with zero attached hydrogens (tertiary/aromatic N) is 4. The van der Waals surface area contributed by atoms with Gasteiger partial charge in [0.15, 0.2) is 0 Å². The van der Waals surface area contributed by atoms with Gasteiger partial charge < -0.3 is 15.1 Å². The van der Waals surface area contributed by atoms with Crippen molar-refractivity contribution in [2.75, 3.05) is 43.4 Å². The molecule has 1 amide bonds. The van der Waals surface area contributed by atoms with E-state index in [0.29, 0.717) is 35.6 Å². The highest BCUT2D eigenvalue weighted by Crippen LogP contribution is 2.35. The summed E-state index contributed by atoms with van der Waals surface area (Å²) in [7, 11) is 1.98. The Hall–Kier alpha value is -4.29. The van der Waals surface area contributed by atoms with Crippen molar-refractivity contribution in [2.24, 2.45) is 0 Å². The van der Waals surface area contributed by atoms with Crippen LogP contribution in [-0.4, -0.2) is 53.4 Å². The van der Waals surface area contributed by atoms with Gasteiger partial charge in [-0.2, -0.15) is 13.2 Å². The van der Waals surface area contributed by atoms with Crippen LogP contribution >= 0.6 is 0 Å². The van der Waals surface area contributed by atoms with Gasteiger partial charge in [0, 0.05) is 54.9 Å². The summed E-state index contributed by atoms with van der Waals surface area (Å²) in [5.74, 6) is 5.69. The fraction of sp³-hybridized carbons (Fsp3) is 0.241. The highest BCUT2D eigenvalue weighted by Gasteiger charge is 2.32. The van der Waals surface area contributed by atoms with Crippen molar-refractivity contribution in [1.29, 1.82) is 0 Å². The molecule has 1 aliphatic heterocycles. The first-order chi connectivity index (χ1) is 18.2. The van der Waals surface area contributed by atoms with Gasteiger partial charge >= 0.3 is 6.18 Å². The number of amides is 1. The summed E-state index contributed by atoms with van der Waals surface area (Å²) in [5, 5.41) is 2.66. The number of carbonyl (C=O) groups excluding carboxylic acids is 1. The standard InChI is InChI=1S/C29H26F3N5O/c1-20-6-7-22(15-21(20)8-9-25-19-33-27-5-3-4-10-37(25)27)28(38)34-24-16-23(29(30,31)32)17-26(18-24)36-13-11-35(2)12-14-36/h3-7,10,15-19H,11-14H2,1-2H3,(H,34,38). The third-order valence-corrected chi connectivity index (χ3v) is 6.61. The van der Waals surface area contributed by atoms with Crippen LogP contribution in [0.15, 0.2) is 67.0 Å². The van der Waals surface area contributed by atoms with Crippen molar-refractivity contribution >= 4 is 22.9 Å². The number of pyridine rings is 1. The topological polar surface area (TPSA) is 52.9 Å².